The topological polar surface area (TPSA) is 73.3 Å². The Balaban J connectivity index is 1.50. The maximum absolute atomic E-state index is 12.5. The predicted octanol–water partition coefficient (Wildman–Crippen LogP) is -0.315. The summed E-state index contributed by atoms with van der Waals surface area (Å²) in [5, 5.41) is 10.8. The maximum atomic E-state index is 12.5. The summed E-state index contributed by atoms with van der Waals surface area (Å²) < 4.78 is 5.34. The quantitative estimate of drug-likeness (QED) is 0.760. The van der Waals surface area contributed by atoms with Crippen molar-refractivity contribution in [1.82, 2.24) is 14.7 Å². The van der Waals surface area contributed by atoms with E-state index in [1.807, 2.05) is 0 Å². The minimum atomic E-state index is -0.838. The summed E-state index contributed by atoms with van der Waals surface area (Å²) in [7, 11) is 0. The van der Waals surface area contributed by atoms with E-state index in [1.54, 1.807) is 9.80 Å². The van der Waals surface area contributed by atoms with Gasteiger partial charge in [0, 0.05) is 39.1 Å². The Morgan fingerprint density at radius 2 is 1.92 bits per heavy atom. The van der Waals surface area contributed by atoms with E-state index in [0.717, 1.165) is 32.4 Å². The summed E-state index contributed by atoms with van der Waals surface area (Å²) in [6.45, 7) is 5.43. The molecule has 3 fully saturated rings. The first-order chi connectivity index (χ1) is 11.6. The van der Waals surface area contributed by atoms with Gasteiger partial charge in [-0.2, -0.15) is 0 Å². The van der Waals surface area contributed by atoms with Crippen molar-refractivity contribution in [3.63, 3.8) is 0 Å². The fourth-order valence-corrected chi connectivity index (χ4v) is 3.84. The van der Waals surface area contributed by atoms with Crippen LogP contribution >= 0.6 is 0 Å². The summed E-state index contributed by atoms with van der Waals surface area (Å²) in [6, 6.07) is 0. The standard InChI is InChI=1S/C17H29N3O4/c21-15-4-2-1-3-6-19(15)12-16(22)20-7-5-17(23,14-20)13-18-8-10-24-11-9-18/h23H,1-14H2/t17-/m1/s1. The number of ether oxygens (including phenoxy) is 1. The first kappa shape index (κ1) is 17.6. The van der Waals surface area contributed by atoms with Crippen LogP contribution in [-0.2, 0) is 14.3 Å². The number of carbonyl (C=O) groups excluding carboxylic acids is 2. The Bertz CT molecular complexity index is 467. The number of carbonyl (C=O) groups is 2. The Morgan fingerprint density at radius 1 is 1.12 bits per heavy atom. The second-order valence-electron chi connectivity index (χ2n) is 7.30. The van der Waals surface area contributed by atoms with Crippen LogP contribution < -0.4 is 0 Å². The number of aliphatic hydroxyl groups is 1. The molecule has 0 bridgehead atoms. The fraction of sp³-hybridized carbons (Fsp3) is 0.882. The van der Waals surface area contributed by atoms with E-state index < -0.39 is 5.60 Å². The molecule has 7 heteroatoms. The van der Waals surface area contributed by atoms with Crippen LogP contribution in [0.4, 0.5) is 0 Å². The summed E-state index contributed by atoms with van der Waals surface area (Å²) in [5.41, 5.74) is -0.838. The van der Waals surface area contributed by atoms with Gasteiger partial charge in [-0.3, -0.25) is 14.5 Å². The lowest BCUT2D eigenvalue weighted by atomic mass is 10.0. The summed E-state index contributed by atoms with van der Waals surface area (Å²) >= 11 is 0. The molecule has 0 radical (unpaired) electrons. The highest BCUT2D eigenvalue weighted by atomic mass is 16.5. The highest BCUT2D eigenvalue weighted by molar-refractivity contribution is 5.85. The molecule has 3 aliphatic rings. The molecule has 3 heterocycles. The SMILES string of the molecule is O=C1CCCCCN1CC(=O)N1CC[C@@](O)(CN2CCOCC2)C1. The van der Waals surface area contributed by atoms with E-state index in [4.69, 9.17) is 4.74 Å². The number of likely N-dealkylation sites (tertiary alicyclic amines) is 2. The number of hydrogen-bond acceptors (Lipinski definition) is 5. The molecule has 1 atom stereocenters. The molecule has 3 rings (SSSR count). The van der Waals surface area contributed by atoms with E-state index in [0.29, 0.717) is 52.2 Å². The van der Waals surface area contributed by atoms with Gasteiger partial charge in [-0.05, 0) is 19.3 Å². The molecule has 0 aromatic heterocycles. The number of morpholine rings is 1. The molecule has 0 saturated carbocycles. The monoisotopic (exact) mass is 339 g/mol. The van der Waals surface area contributed by atoms with Crippen molar-refractivity contribution in [1.29, 1.82) is 0 Å². The second-order valence-corrected chi connectivity index (χ2v) is 7.30. The lowest BCUT2D eigenvalue weighted by Gasteiger charge is -2.33. The zero-order chi connectivity index (χ0) is 17.0. The largest absolute Gasteiger partial charge is 0.387 e. The minimum absolute atomic E-state index is 0.0387. The summed E-state index contributed by atoms with van der Waals surface area (Å²) in [4.78, 5) is 30.2. The highest BCUT2D eigenvalue weighted by Crippen LogP contribution is 2.23. The van der Waals surface area contributed by atoms with Crippen LogP contribution in [0.3, 0.4) is 0 Å². The highest BCUT2D eigenvalue weighted by Gasteiger charge is 2.40. The number of nitrogens with zero attached hydrogens (tertiary/aromatic N) is 3. The van der Waals surface area contributed by atoms with Gasteiger partial charge in [0.1, 0.15) is 0 Å². The van der Waals surface area contributed by atoms with Crippen molar-refractivity contribution in [2.45, 2.75) is 37.7 Å². The number of rotatable bonds is 4. The molecule has 0 spiro atoms. The van der Waals surface area contributed by atoms with Crippen LogP contribution in [-0.4, -0.2) is 96.2 Å². The lowest BCUT2D eigenvalue weighted by Crippen LogP contribution is -2.50. The third-order valence-corrected chi connectivity index (χ3v) is 5.30. The molecule has 136 valence electrons. The molecular weight excluding hydrogens is 310 g/mol. The van der Waals surface area contributed by atoms with Crippen molar-refractivity contribution < 1.29 is 19.4 Å². The summed E-state index contributed by atoms with van der Waals surface area (Å²) in [6.07, 6.45) is 4.10. The summed E-state index contributed by atoms with van der Waals surface area (Å²) in [5.74, 6) is 0.0479. The van der Waals surface area contributed by atoms with Gasteiger partial charge in [0.15, 0.2) is 0 Å². The molecule has 0 aromatic rings. The Morgan fingerprint density at radius 3 is 2.71 bits per heavy atom. The van der Waals surface area contributed by atoms with Gasteiger partial charge in [-0.1, -0.05) is 6.42 Å². The molecule has 0 unspecified atom stereocenters. The molecule has 0 aromatic carbocycles. The smallest absolute Gasteiger partial charge is 0.242 e. The van der Waals surface area contributed by atoms with Crippen LogP contribution in [0, 0.1) is 0 Å². The van der Waals surface area contributed by atoms with E-state index in [2.05, 4.69) is 4.90 Å². The van der Waals surface area contributed by atoms with Crippen LogP contribution in [0.2, 0.25) is 0 Å². The lowest BCUT2D eigenvalue weighted by molar-refractivity contribution is -0.140. The Hall–Kier alpha value is -1.18. The van der Waals surface area contributed by atoms with Crippen molar-refractivity contribution in [3.05, 3.63) is 0 Å². The molecule has 7 nitrogen and oxygen atoms in total. The average molecular weight is 339 g/mol. The van der Waals surface area contributed by atoms with Crippen LogP contribution in [0.5, 0.6) is 0 Å². The molecule has 3 saturated heterocycles. The second kappa shape index (κ2) is 7.80. The average Bonchev–Trinajstić information content (AvgIpc) is 2.84. The predicted molar refractivity (Wildman–Crippen MR) is 88.5 cm³/mol. The third-order valence-electron chi connectivity index (χ3n) is 5.30. The fourth-order valence-electron chi connectivity index (χ4n) is 3.84. The zero-order valence-corrected chi connectivity index (χ0v) is 14.4. The molecule has 1 N–H and O–H groups in total. The third kappa shape index (κ3) is 4.46. The van der Waals surface area contributed by atoms with Gasteiger partial charge in [-0.25, -0.2) is 0 Å². The normalized spacial score (nSPS) is 29.8. The molecular formula is C17H29N3O4. The minimum Gasteiger partial charge on any atom is -0.387 e. The van der Waals surface area contributed by atoms with Gasteiger partial charge < -0.3 is 19.6 Å². The van der Waals surface area contributed by atoms with Crippen LogP contribution in [0.25, 0.3) is 0 Å². The van der Waals surface area contributed by atoms with Gasteiger partial charge >= 0.3 is 0 Å². The number of β-amino-alcohol motifs (C(OH)–C–C–N with tert-alkyl or cyclic N) is 1. The van der Waals surface area contributed by atoms with Gasteiger partial charge in [-0.15, -0.1) is 0 Å². The van der Waals surface area contributed by atoms with E-state index in [9.17, 15) is 14.7 Å². The maximum Gasteiger partial charge on any atom is 0.242 e. The molecule has 24 heavy (non-hydrogen) atoms. The van der Waals surface area contributed by atoms with E-state index >= 15 is 0 Å². The first-order valence-corrected chi connectivity index (χ1v) is 9.14. The molecule has 0 aliphatic carbocycles. The van der Waals surface area contributed by atoms with Gasteiger partial charge in [0.25, 0.3) is 0 Å². The van der Waals surface area contributed by atoms with Gasteiger partial charge in [0.2, 0.25) is 11.8 Å². The number of amides is 2. The zero-order valence-electron chi connectivity index (χ0n) is 14.4. The van der Waals surface area contributed by atoms with Crippen molar-refractivity contribution >= 4 is 11.8 Å². The number of hydrogen-bond donors (Lipinski definition) is 1. The van der Waals surface area contributed by atoms with Crippen molar-refractivity contribution in [2.24, 2.45) is 0 Å². The first-order valence-electron chi connectivity index (χ1n) is 9.14. The van der Waals surface area contributed by atoms with Gasteiger partial charge in [0.05, 0.1) is 31.9 Å². The Kier molecular flexibility index (Phi) is 5.73. The Labute approximate surface area is 143 Å². The van der Waals surface area contributed by atoms with Crippen LogP contribution in [0.1, 0.15) is 32.1 Å². The van der Waals surface area contributed by atoms with Crippen molar-refractivity contribution in [2.75, 3.05) is 59.0 Å². The molecule has 2 amide bonds. The molecule has 3 aliphatic heterocycles. The van der Waals surface area contributed by atoms with Crippen molar-refractivity contribution in [3.8, 4) is 0 Å². The van der Waals surface area contributed by atoms with Crippen LogP contribution in [0.15, 0.2) is 0 Å². The van der Waals surface area contributed by atoms with E-state index in [1.165, 1.54) is 0 Å². The van der Waals surface area contributed by atoms with E-state index in [-0.39, 0.29) is 18.4 Å².